The highest BCUT2D eigenvalue weighted by Gasteiger charge is 2.40. The molecule has 17 heavy (non-hydrogen) atoms. The Kier molecular flexibility index (Phi) is 3.40. The van der Waals surface area contributed by atoms with Gasteiger partial charge in [-0.15, -0.1) is 0 Å². The normalized spacial score (nSPS) is 32.8. The highest BCUT2D eigenvalue weighted by Crippen LogP contribution is 2.31. The summed E-state index contributed by atoms with van der Waals surface area (Å²) in [6.07, 6.45) is 4.89. The lowest BCUT2D eigenvalue weighted by atomic mass is 9.95. The second-order valence-electron chi connectivity index (χ2n) is 5.44. The van der Waals surface area contributed by atoms with Gasteiger partial charge in [0.15, 0.2) is 0 Å². The number of carbonyl (C=O) groups is 2. The Morgan fingerprint density at radius 1 is 1.24 bits per heavy atom. The fourth-order valence-corrected chi connectivity index (χ4v) is 3.16. The first-order valence-corrected chi connectivity index (χ1v) is 6.65. The second kappa shape index (κ2) is 4.67. The van der Waals surface area contributed by atoms with Crippen LogP contribution in [-0.4, -0.2) is 34.8 Å². The van der Waals surface area contributed by atoms with E-state index in [0.29, 0.717) is 5.92 Å². The molecule has 1 aliphatic heterocycles. The van der Waals surface area contributed by atoms with Crippen LogP contribution in [0.2, 0.25) is 0 Å². The molecule has 96 valence electrons. The van der Waals surface area contributed by atoms with Gasteiger partial charge in [-0.2, -0.15) is 0 Å². The highest BCUT2D eigenvalue weighted by atomic mass is 16.2. The van der Waals surface area contributed by atoms with Crippen LogP contribution in [0.3, 0.4) is 0 Å². The Morgan fingerprint density at radius 2 is 1.82 bits per heavy atom. The molecule has 4 heteroatoms. The van der Waals surface area contributed by atoms with E-state index >= 15 is 0 Å². The molecule has 0 aromatic heterocycles. The Morgan fingerprint density at radius 3 is 2.41 bits per heavy atom. The maximum absolute atomic E-state index is 12.2. The van der Waals surface area contributed by atoms with Crippen molar-refractivity contribution in [1.29, 1.82) is 0 Å². The predicted molar refractivity (Wildman–Crippen MR) is 65.3 cm³/mol. The van der Waals surface area contributed by atoms with Crippen LogP contribution >= 0.6 is 0 Å². The zero-order valence-corrected chi connectivity index (χ0v) is 10.9. The summed E-state index contributed by atoms with van der Waals surface area (Å²) in [7, 11) is 0. The molecule has 4 nitrogen and oxygen atoms in total. The summed E-state index contributed by atoms with van der Waals surface area (Å²) in [5, 5.41) is 2.72. The smallest absolute Gasteiger partial charge is 0.245 e. The molecule has 0 spiro atoms. The summed E-state index contributed by atoms with van der Waals surface area (Å²) in [5.74, 6) is 0.609. The SMILES string of the molecule is CC1NC(=O)C(C)N(C(C)C2CCCC2)C1=O. The minimum Gasteiger partial charge on any atom is -0.343 e. The van der Waals surface area contributed by atoms with Crippen molar-refractivity contribution in [3.63, 3.8) is 0 Å². The van der Waals surface area contributed by atoms with E-state index in [1.54, 1.807) is 11.8 Å². The van der Waals surface area contributed by atoms with Crippen LogP contribution < -0.4 is 5.32 Å². The monoisotopic (exact) mass is 238 g/mol. The van der Waals surface area contributed by atoms with E-state index in [9.17, 15) is 9.59 Å². The van der Waals surface area contributed by atoms with E-state index in [1.807, 2.05) is 6.92 Å². The molecule has 2 aliphatic rings. The number of nitrogens with one attached hydrogen (secondary N) is 1. The molecule has 3 unspecified atom stereocenters. The van der Waals surface area contributed by atoms with Crippen LogP contribution in [0.15, 0.2) is 0 Å². The number of hydrogen-bond acceptors (Lipinski definition) is 2. The van der Waals surface area contributed by atoms with Gasteiger partial charge in [-0.3, -0.25) is 9.59 Å². The molecule has 0 radical (unpaired) electrons. The maximum Gasteiger partial charge on any atom is 0.245 e. The third-order valence-electron chi connectivity index (χ3n) is 4.30. The van der Waals surface area contributed by atoms with Gasteiger partial charge in [-0.05, 0) is 39.5 Å². The van der Waals surface area contributed by atoms with Crippen molar-refractivity contribution in [1.82, 2.24) is 10.2 Å². The summed E-state index contributed by atoms with van der Waals surface area (Å²) >= 11 is 0. The molecule has 0 aromatic carbocycles. The van der Waals surface area contributed by atoms with E-state index in [1.165, 1.54) is 25.7 Å². The first kappa shape index (κ1) is 12.4. The lowest BCUT2D eigenvalue weighted by Gasteiger charge is -2.42. The predicted octanol–water partition coefficient (Wildman–Crippen LogP) is 1.30. The molecule has 2 amide bonds. The molecule has 1 N–H and O–H groups in total. The van der Waals surface area contributed by atoms with Gasteiger partial charge in [0, 0.05) is 6.04 Å². The van der Waals surface area contributed by atoms with Gasteiger partial charge in [0.25, 0.3) is 0 Å². The third kappa shape index (κ3) is 2.17. The third-order valence-corrected chi connectivity index (χ3v) is 4.30. The number of rotatable bonds is 2. The fraction of sp³-hybridized carbons (Fsp3) is 0.846. The van der Waals surface area contributed by atoms with Crippen LogP contribution in [-0.2, 0) is 9.59 Å². The second-order valence-corrected chi connectivity index (χ2v) is 5.44. The topological polar surface area (TPSA) is 49.4 Å². The van der Waals surface area contributed by atoms with Crippen molar-refractivity contribution in [2.45, 2.75) is 64.6 Å². The molecular weight excluding hydrogens is 216 g/mol. The zero-order valence-electron chi connectivity index (χ0n) is 10.9. The molecule has 3 atom stereocenters. The molecule has 0 aromatic rings. The fourth-order valence-electron chi connectivity index (χ4n) is 3.16. The number of piperazine rings is 1. The Bertz CT molecular complexity index is 323. The molecule has 1 heterocycles. The Balaban J connectivity index is 2.15. The lowest BCUT2D eigenvalue weighted by Crippen LogP contribution is -2.64. The molecule has 2 rings (SSSR count). The van der Waals surface area contributed by atoms with E-state index < -0.39 is 0 Å². The van der Waals surface area contributed by atoms with Crippen LogP contribution in [0.4, 0.5) is 0 Å². The molecule has 1 saturated carbocycles. The standard InChI is InChI=1S/C13H22N2O2/c1-8-13(17)15(10(3)12(16)14-8)9(2)11-6-4-5-7-11/h8-11H,4-7H2,1-3H3,(H,14,16). The first-order chi connectivity index (χ1) is 8.02. The van der Waals surface area contributed by atoms with Crippen molar-refractivity contribution in [3.8, 4) is 0 Å². The van der Waals surface area contributed by atoms with Gasteiger partial charge in [0.2, 0.25) is 11.8 Å². The summed E-state index contributed by atoms with van der Waals surface area (Å²) in [6.45, 7) is 5.68. The van der Waals surface area contributed by atoms with Crippen LogP contribution in [0.1, 0.15) is 46.5 Å². The molecular formula is C13H22N2O2. The van der Waals surface area contributed by atoms with Crippen LogP contribution in [0.25, 0.3) is 0 Å². The molecule has 1 aliphatic carbocycles. The Labute approximate surface area is 103 Å². The summed E-state index contributed by atoms with van der Waals surface area (Å²) in [5.41, 5.74) is 0. The quantitative estimate of drug-likeness (QED) is 0.788. The van der Waals surface area contributed by atoms with Crippen molar-refractivity contribution >= 4 is 11.8 Å². The summed E-state index contributed by atoms with van der Waals surface area (Å²) < 4.78 is 0. The average molecular weight is 238 g/mol. The number of nitrogens with zero attached hydrogens (tertiary/aromatic N) is 1. The van der Waals surface area contributed by atoms with Gasteiger partial charge in [-0.1, -0.05) is 12.8 Å². The number of amides is 2. The minimum absolute atomic E-state index is 0.0260. The van der Waals surface area contributed by atoms with Gasteiger partial charge < -0.3 is 10.2 Å². The van der Waals surface area contributed by atoms with Crippen LogP contribution in [0, 0.1) is 5.92 Å². The van der Waals surface area contributed by atoms with Crippen molar-refractivity contribution in [3.05, 3.63) is 0 Å². The van der Waals surface area contributed by atoms with Gasteiger partial charge in [0.05, 0.1) is 0 Å². The van der Waals surface area contributed by atoms with E-state index in [-0.39, 0.29) is 29.9 Å². The van der Waals surface area contributed by atoms with E-state index in [2.05, 4.69) is 12.2 Å². The van der Waals surface area contributed by atoms with Gasteiger partial charge >= 0.3 is 0 Å². The molecule has 2 fully saturated rings. The summed E-state index contributed by atoms with van der Waals surface area (Å²) in [4.78, 5) is 25.8. The van der Waals surface area contributed by atoms with E-state index in [0.717, 1.165) is 0 Å². The van der Waals surface area contributed by atoms with E-state index in [4.69, 9.17) is 0 Å². The van der Waals surface area contributed by atoms with Crippen molar-refractivity contribution in [2.24, 2.45) is 5.92 Å². The van der Waals surface area contributed by atoms with Crippen molar-refractivity contribution < 1.29 is 9.59 Å². The Hall–Kier alpha value is -1.06. The first-order valence-electron chi connectivity index (χ1n) is 6.65. The molecule has 0 bridgehead atoms. The maximum atomic E-state index is 12.2. The average Bonchev–Trinajstić information content (AvgIpc) is 2.80. The van der Waals surface area contributed by atoms with Crippen LogP contribution in [0.5, 0.6) is 0 Å². The molecule has 1 saturated heterocycles. The zero-order chi connectivity index (χ0) is 12.6. The lowest BCUT2D eigenvalue weighted by molar-refractivity contribution is -0.151. The van der Waals surface area contributed by atoms with Gasteiger partial charge in [0.1, 0.15) is 12.1 Å². The minimum atomic E-state index is -0.373. The van der Waals surface area contributed by atoms with Crippen molar-refractivity contribution in [2.75, 3.05) is 0 Å². The van der Waals surface area contributed by atoms with Gasteiger partial charge in [-0.25, -0.2) is 0 Å². The summed E-state index contributed by atoms with van der Waals surface area (Å²) in [6, 6.07) is -0.509. The highest BCUT2D eigenvalue weighted by molar-refractivity contribution is 5.96. The number of hydrogen-bond donors (Lipinski definition) is 1. The largest absolute Gasteiger partial charge is 0.343 e. The number of carbonyl (C=O) groups excluding carboxylic acids is 2.